The van der Waals surface area contributed by atoms with E-state index in [9.17, 15) is 0 Å². The molecule has 0 radical (unpaired) electrons. The number of nitrogen functional groups attached to an aromatic ring is 1. The zero-order chi connectivity index (χ0) is 24.5. The molecule has 4 aromatic rings. The molecular weight excluding hydrogens is 508 g/mol. The van der Waals surface area contributed by atoms with E-state index in [1.165, 1.54) is 5.39 Å². The molecule has 35 heavy (non-hydrogen) atoms. The number of likely N-dealkylation sites (N-methyl/N-ethyl adjacent to an activating group) is 1. The Morgan fingerprint density at radius 1 is 1.03 bits per heavy atom. The fourth-order valence-electron chi connectivity index (χ4n) is 4.29. The van der Waals surface area contributed by atoms with Crippen LogP contribution in [0.3, 0.4) is 0 Å². The van der Waals surface area contributed by atoms with E-state index in [2.05, 4.69) is 76.1 Å². The van der Waals surface area contributed by atoms with Gasteiger partial charge in [0, 0.05) is 62.9 Å². The summed E-state index contributed by atoms with van der Waals surface area (Å²) >= 11 is 3.55. The van der Waals surface area contributed by atoms with Gasteiger partial charge in [0.25, 0.3) is 0 Å². The number of anilines is 6. The zero-order valence-electron chi connectivity index (χ0n) is 20.0. The minimum Gasteiger partial charge on any atom is -0.494 e. The Bertz CT molecular complexity index is 1360. The Hall–Kier alpha value is -3.50. The minimum atomic E-state index is 0.431. The highest BCUT2D eigenvalue weighted by Crippen LogP contribution is 2.37. The fourth-order valence-corrected chi connectivity index (χ4v) is 4.58. The normalized spacial score (nSPS) is 14.3. The molecule has 1 aliphatic heterocycles. The molecule has 3 heterocycles. The van der Waals surface area contributed by atoms with Gasteiger partial charge in [-0.15, -0.1) is 0 Å². The van der Waals surface area contributed by atoms with Crippen LogP contribution in [0, 0.1) is 0 Å². The summed E-state index contributed by atoms with van der Waals surface area (Å²) in [6, 6.07) is 12.2. The summed E-state index contributed by atoms with van der Waals surface area (Å²) in [5, 5.41) is 7.84. The standard InChI is InChI=1S/C25H29BrN8O/c1-32-8-10-34(11-9-32)22-14-23(35-3)20(13-19(22)27)30-25-28-15-18(26)24(31-25)29-17-5-4-16-6-7-33(2)21(16)12-17/h4-7,12-15H,8-11,27H2,1-3H3,(H2,28,29,30,31). The number of fused-ring (bicyclic) bond motifs is 1. The molecular formula is C25H29BrN8O. The van der Waals surface area contributed by atoms with E-state index in [1.54, 1.807) is 13.3 Å². The summed E-state index contributed by atoms with van der Waals surface area (Å²) in [4.78, 5) is 13.7. The number of rotatable bonds is 6. The number of halogens is 1. The third-order valence-electron chi connectivity index (χ3n) is 6.33. The van der Waals surface area contributed by atoms with E-state index in [0.717, 1.165) is 47.5 Å². The molecule has 0 saturated carbocycles. The first-order valence-electron chi connectivity index (χ1n) is 11.4. The Labute approximate surface area is 213 Å². The number of aryl methyl sites for hydroxylation is 1. The molecule has 0 bridgehead atoms. The van der Waals surface area contributed by atoms with Gasteiger partial charge in [-0.1, -0.05) is 6.07 Å². The molecule has 0 amide bonds. The van der Waals surface area contributed by atoms with E-state index in [-0.39, 0.29) is 0 Å². The lowest BCUT2D eigenvalue weighted by Gasteiger charge is -2.35. The van der Waals surface area contributed by atoms with Gasteiger partial charge in [-0.2, -0.15) is 4.98 Å². The van der Waals surface area contributed by atoms with Gasteiger partial charge in [0.2, 0.25) is 5.95 Å². The van der Waals surface area contributed by atoms with Gasteiger partial charge in [-0.25, -0.2) is 4.98 Å². The molecule has 2 aromatic carbocycles. The number of hydrogen-bond donors (Lipinski definition) is 3. The van der Waals surface area contributed by atoms with Crippen LogP contribution in [0.2, 0.25) is 0 Å². The number of hydrogen-bond acceptors (Lipinski definition) is 8. The number of nitrogens with one attached hydrogen (secondary N) is 2. The fraction of sp³-hybridized carbons (Fsp3) is 0.280. The van der Waals surface area contributed by atoms with Gasteiger partial charge in [0.15, 0.2) is 0 Å². The van der Waals surface area contributed by atoms with Crippen LogP contribution < -0.4 is 26.0 Å². The topological polar surface area (TPSA) is 96.5 Å². The summed E-state index contributed by atoms with van der Waals surface area (Å²) < 4.78 is 8.53. The summed E-state index contributed by atoms with van der Waals surface area (Å²) in [7, 11) is 5.82. The van der Waals surface area contributed by atoms with Gasteiger partial charge < -0.3 is 35.5 Å². The number of nitrogens with two attached hydrogens (primary N) is 1. The van der Waals surface area contributed by atoms with Crippen LogP contribution in [0.25, 0.3) is 10.9 Å². The number of methoxy groups -OCH3 is 1. The number of benzene rings is 2. The van der Waals surface area contributed by atoms with Gasteiger partial charge in [-0.3, -0.25) is 0 Å². The Kier molecular flexibility index (Phi) is 6.40. The lowest BCUT2D eigenvalue weighted by Crippen LogP contribution is -2.44. The Morgan fingerprint density at radius 2 is 1.83 bits per heavy atom. The molecule has 1 aliphatic rings. The highest BCUT2D eigenvalue weighted by molar-refractivity contribution is 9.10. The number of ether oxygens (including phenoxy) is 1. The quantitative estimate of drug-likeness (QED) is 0.308. The van der Waals surface area contributed by atoms with E-state index in [1.807, 2.05) is 31.4 Å². The van der Waals surface area contributed by atoms with Crippen molar-refractivity contribution in [2.75, 3.05) is 61.6 Å². The SMILES string of the molecule is COc1cc(N2CCN(C)CC2)c(N)cc1Nc1ncc(Br)c(Nc2ccc3ccn(C)c3c2)n1. The van der Waals surface area contributed by atoms with Crippen LogP contribution >= 0.6 is 15.9 Å². The van der Waals surface area contributed by atoms with Crippen molar-refractivity contribution in [3.63, 3.8) is 0 Å². The van der Waals surface area contributed by atoms with E-state index in [4.69, 9.17) is 10.5 Å². The van der Waals surface area contributed by atoms with Crippen molar-refractivity contribution in [3.8, 4) is 5.75 Å². The summed E-state index contributed by atoms with van der Waals surface area (Å²) in [5.41, 5.74) is 10.9. The molecule has 4 N–H and O–H groups in total. The predicted octanol–water partition coefficient (Wildman–Crippen LogP) is 4.56. The molecule has 1 saturated heterocycles. The number of aromatic nitrogens is 3. The van der Waals surface area contributed by atoms with Gasteiger partial charge in [-0.05, 0) is 52.6 Å². The molecule has 0 atom stereocenters. The number of nitrogens with zero attached hydrogens (tertiary/aromatic N) is 5. The van der Waals surface area contributed by atoms with Crippen LogP contribution in [0.1, 0.15) is 0 Å². The van der Waals surface area contributed by atoms with Crippen LogP contribution in [-0.4, -0.2) is 59.8 Å². The molecule has 0 aliphatic carbocycles. The van der Waals surface area contributed by atoms with Crippen molar-refractivity contribution in [1.82, 2.24) is 19.4 Å². The lowest BCUT2D eigenvalue weighted by molar-refractivity contribution is 0.313. The van der Waals surface area contributed by atoms with Crippen LogP contribution in [0.4, 0.5) is 34.5 Å². The average Bonchev–Trinajstić information content (AvgIpc) is 3.22. The summed E-state index contributed by atoms with van der Waals surface area (Å²) in [6.07, 6.45) is 3.76. The predicted molar refractivity (Wildman–Crippen MR) is 146 cm³/mol. The minimum absolute atomic E-state index is 0.431. The molecule has 2 aromatic heterocycles. The first-order chi connectivity index (χ1) is 16.9. The molecule has 9 nitrogen and oxygen atoms in total. The van der Waals surface area contributed by atoms with Gasteiger partial charge in [0.05, 0.1) is 28.6 Å². The van der Waals surface area contributed by atoms with Crippen molar-refractivity contribution in [2.24, 2.45) is 7.05 Å². The van der Waals surface area contributed by atoms with Gasteiger partial charge in [0.1, 0.15) is 11.6 Å². The second-order valence-corrected chi connectivity index (χ2v) is 9.60. The highest BCUT2D eigenvalue weighted by Gasteiger charge is 2.19. The monoisotopic (exact) mass is 536 g/mol. The molecule has 182 valence electrons. The largest absolute Gasteiger partial charge is 0.494 e. The maximum absolute atomic E-state index is 6.46. The van der Waals surface area contributed by atoms with Crippen molar-refractivity contribution < 1.29 is 4.74 Å². The first-order valence-corrected chi connectivity index (χ1v) is 12.2. The molecule has 5 rings (SSSR count). The second kappa shape index (κ2) is 9.63. The van der Waals surface area contributed by atoms with Crippen molar-refractivity contribution >= 4 is 61.3 Å². The van der Waals surface area contributed by atoms with E-state index in [0.29, 0.717) is 28.9 Å². The third-order valence-corrected chi connectivity index (χ3v) is 6.91. The van der Waals surface area contributed by atoms with Crippen LogP contribution in [-0.2, 0) is 7.05 Å². The molecule has 10 heteroatoms. The molecule has 1 fully saturated rings. The maximum Gasteiger partial charge on any atom is 0.229 e. The first kappa shape index (κ1) is 23.3. The zero-order valence-corrected chi connectivity index (χ0v) is 21.6. The van der Waals surface area contributed by atoms with Crippen molar-refractivity contribution in [1.29, 1.82) is 0 Å². The smallest absolute Gasteiger partial charge is 0.229 e. The van der Waals surface area contributed by atoms with Crippen molar-refractivity contribution in [2.45, 2.75) is 0 Å². The second-order valence-electron chi connectivity index (χ2n) is 8.74. The lowest BCUT2D eigenvalue weighted by atomic mass is 10.2. The number of piperazine rings is 1. The average molecular weight is 537 g/mol. The Balaban J connectivity index is 1.39. The van der Waals surface area contributed by atoms with Gasteiger partial charge >= 0.3 is 0 Å². The van der Waals surface area contributed by atoms with Crippen LogP contribution in [0.5, 0.6) is 5.75 Å². The highest BCUT2D eigenvalue weighted by atomic mass is 79.9. The van der Waals surface area contributed by atoms with E-state index < -0.39 is 0 Å². The Morgan fingerprint density at radius 3 is 2.60 bits per heavy atom. The summed E-state index contributed by atoms with van der Waals surface area (Å²) in [6.45, 7) is 3.86. The van der Waals surface area contributed by atoms with Crippen LogP contribution in [0.15, 0.2) is 53.3 Å². The molecule has 0 unspecified atom stereocenters. The third kappa shape index (κ3) is 4.85. The summed E-state index contributed by atoms with van der Waals surface area (Å²) in [5.74, 6) is 1.76. The van der Waals surface area contributed by atoms with E-state index >= 15 is 0 Å². The maximum atomic E-state index is 6.46. The van der Waals surface area contributed by atoms with Crippen molar-refractivity contribution in [3.05, 3.63) is 53.3 Å². The molecule has 0 spiro atoms.